The number of amides is 2. The summed E-state index contributed by atoms with van der Waals surface area (Å²) in [4.78, 5) is 26.4. The summed E-state index contributed by atoms with van der Waals surface area (Å²) >= 11 is 0. The molecule has 2 atom stereocenters. The molecule has 1 rings (SSSR count). The first-order valence-corrected chi connectivity index (χ1v) is 8.42. The quantitative estimate of drug-likeness (QED) is 0.747. The number of nitrogens with zero attached hydrogens (tertiary/aromatic N) is 1. The Morgan fingerprint density at radius 1 is 1.39 bits per heavy atom. The Kier molecular flexibility index (Phi) is 7.33. The van der Waals surface area contributed by atoms with E-state index in [1.54, 1.807) is 18.9 Å². The third-order valence-electron chi connectivity index (χ3n) is 3.96. The van der Waals surface area contributed by atoms with E-state index >= 15 is 0 Å². The largest absolute Gasteiger partial charge is 0.499 e. The second-order valence-electron chi connectivity index (χ2n) is 6.36. The lowest BCUT2D eigenvalue weighted by Gasteiger charge is -2.31. The van der Waals surface area contributed by atoms with Gasteiger partial charge >= 0.3 is 0 Å². The van der Waals surface area contributed by atoms with Gasteiger partial charge in [-0.3, -0.25) is 9.59 Å². The molecule has 1 N–H and O–H groups in total. The van der Waals surface area contributed by atoms with Crippen LogP contribution in [0, 0.1) is 5.92 Å². The average Bonchev–Trinajstić information content (AvgIpc) is 2.80. The van der Waals surface area contributed by atoms with E-state index in [2.05, 4.69) is 25.7 Å². The van der Waals surface area contributed by atoms with Crippen LogP contribution in [-0.4, -0.2) is 35.9 Å². The molecule has 2 amide bonds. The topological polar surface area (TPSA) is 58.6 Å². The molecule has 130 valence electrons. The second kappa shape index (κ2) is 8.75. The first-order valence-electron chi connectivity index (χ1n) is 8.42. The summed E-state index contributed by atoms with van der Waals surface area (Å²) in [5.74, 6) is 0.957. The Morgan fingerprint density at radius 3 is 2.52 bits per heavy atom. The molecule has 1 aliphatic heterocycles. The highest BCUT2D eigenvalue weighted by Gasteiger charge is 2.38. The molecular weight excluding hydrogens is 292 g/mol. The minimum Gasteiger partial charge on any atom is -0.499 e. The maximum absolute atomic E-state index is 13.0. The van der Waals surface area contributed by atoms with Gasteiger partial charge in [0.1, 0.15) is 11.8 Å². The van der Waals surface area contributed by atoms with Gasteiger partial charge in [0.05, 0.1) is 13.2 Å². The molecule has 0 aromatic carbocycles. The van der Waals surface area contributed by atoms with Crippen molar-refractivity contribution in [2.24, 2.45) is 5.92 Å². The van der Waals surface area contributed by atoms with Crippen molar-refractivity contribution in [1.29, 1.82) is 0 Å². The predicted molar refractivity (Wildman–Crippen MR) is 91.5 cm³/mol. The number of carbonyl (C=O) groups excluding carboxylic acids is 2. The van der Waals surface area contributed by atoms with E-state index in [0.717, 1.165) is 18.6 Å². The van der Waals surface area contributed by atoms with Crippen LogP contribution in [0.5, 0.6) is 0 Å². The normalized spacial score (nSPS) is 18.9. The second-order valence-corrected chi connectivity index (χ2v) is 6.36. The van der Waals surface area contributed by atoms with Crippen LogP contribution < -0.4 is 5.32 Å². The van der Waals surface area contributed by atoms with Crippen LogP contribution >= 0.6 is 0 Å². The van der Waals surface area contributed by atoms with Gasteiger partial charge in [0.2, 0.25) is 11.8 Å². The highest BCUT2D eigenvalue weighted by atomic mass is 16.5. The van der Waals surface area contributed by atoms with Gasteiger partial charge in [-0.05, 0) is 18.8 Å². The van der Waals surface area contributed by atoms with E-state index in [9.17, 15) is 9.59 Å². The molecule has 0 aliphatic carbocycles. The maximum atomic E-state index is 13.0. The number of rotatable bonds is 8. The first kappa shape index (κ1) is 19.3. The summed E-state index contributed by atoms with van der Waals surface area (Å²) in [5, 5.41) is 2.84. The van der Waals surface area contributed by atoms with Crippen LogP contribution in [0.3, 0.4) is 0 Å². The van der Waals surface area contributed by atoms with Crippen molar-refractivity contribution in [3.63, 3.8) is 0 Å². The fourth-order valence-corrected chi connectivity index (χ4v) is 2.83. The van der Waals surface area contributed by atoms with Crippen molar-refractivity contribution in [2.45, 2.75) is 65.5 Å². The zero-order chi connectivity index (χ0) is 17.6. The number of allylic oxidation sites excluding steroid dienone is 1. The molecule has 1 heterocycles. The Balaban J connectivity index is 3.00. The first-order chi connectivity index (χ1) is 10.8. The number of nitrogens with one attached hydrogen (secondary N) is 1. The van der Waals surface area contributed by atoms with Crippen molar-refractivity contribution >= 4 is 11.8 Å². The van der Waals surface area contributed by atoms with E-state index in [1.807, 2.05) is 13.0 Å². The molecule has 5 nitrogen and oxygen atoms in total. The molecule has 0 aromatic heterocycles. The molecule has 1 aliphatic rings. The summed E-state index contributed by atoms with van der Waals surface area (Å²) in [6, 6.07) is -0.652. The SMILES string of the molecule is C=C1C=C(OC)[C@H](CC(C)C)N1C(=O)[C@H](CCC)NC(=O)CC. The molecule has 0 fully saturated rings. The van der Waals surface area contributed by atoms with Gasteiger partial charge in [0, 0.05) is 18.2 Å². The van der Waals surface area contributed by atoms with Gasteiger partial charge in [-0.2, -0.15) is 0 Å². The highest BCUT2D eigenvalue weighted by Crippen LogP contribution is 2.31. The Morgan fingerprint density at radius 2 is 2.04 bits per heavy atom. The summed E-state index contributed by atoms with van der Waals surface area (Å²) in [5.41, 5.74) is 0.629. The summed E-state index contributed by atoms with van der Waals surface area (Å²) < 4.78 is 5.44. The van der Waals surface area contributed by atoms with Crippen molar-refractivity contribution in [3.05, 3.63) is 24.1 Å². The molecule has 0 saturated heterocycles. The molecule has 5 heteroatoms. The molecule has 0 radical (unpaired) electrons. The zero-order valence-electron chi connectivity index (χ0n) is 15.0. The lowest BCUT2D eigenvalue weighted by atomic mass is 10.0. The van der Waals surface area contributed by atoms with Crippen molar-refractivity contribution in [3.8, 4) is 0 Å². The Bertz CT molecular complexity index is 483. The standard InChI is InChI=1S/C18H30N2O3/c1-7-9-14(19-17(21)8-2)18(22)20-13(5)11-16(23-6)15(20)10-12(3)4/h11-12,14-15H,5,7-10H2,1-4,6H3,(H,19,21)/t14-,15-/m0/s1. The van der Waals surface area contributed by atoms with Crippen molar-refractivity contribution in [1.82, 2.24) is 10.2 Å². The lowest BCUT2D eigenvalue weighted by Crippen LogP contribution is -2.50. The van der Waals surface area contributed by atoms with Gasteiger partial charge in [0.15, 0.2) is 0 Å². The van der Waals surface area contributed by atoms with Gasteiger partial charge in [-0.15, -0.1) is 0 Å². The van der Waals surface area contributed by atoms with Crippen LogP contribution in [0.2, 0.25) is 0 Å². The molecular formula is C18H30N2O3. The fraction of sp³-hybridized carbons (Fsp3) is 0.667. The Labute approximate surface area is 139 Å². The smallest absolute Gasteiger partial charge is 0.250 e. The predicted octanol–water partition coefficient (Wildman–Crippen LogP) is 2.98. The fourth-order valence-electron chi connectivity index (χ4n) is 2.83. The van der Waals surface area contributed by atoms with E-state index < -0.39 is 6.04 Å². The summed E-state index contributed by atoms with van der Waals surface area (Å²) in [7, 11) is 1.61. The number of methoxy groups -OCH3 is 1. The van der Waals surface area contributed by atoms with Gasteiger partial charge < -0.3 is 15.0 Å². The van der Waals surface area contributed by atoms with Crippen LogP contribution in [-0.2, 0) is 14.3 Å². The minimum absolute atomic E-state index is 0.104. The van der Waals surface area contributed by atoms with Crippen molar-refractivity contribution in [2.75, 3.05) is 7.11 Å². The number of hydrogen-bond acceptors (Lipinski definition) is 3. The number of ether oxygens (including phenoxy) is 1. The zero-order valence-corrected chi connectivity index (χ0v) is 15.0. The summed E-state index contributed by atoms with van der Waals surface area (Å²) in [6.07, 6.45) is 4.41. The van der Waals surface area contributed by atoms with Gasteiger partial charge in [-0.25, -0.2) is 0 Å². The van der Waals surface area contributed by atoms with E-state index in [4.69, 9.17) is 4.74 Å². The number of carbonyl (C=O) groups is 2. The average molecular weight is 322 g/mol. The van der Waals surface area contributed by atoms with Crippen molar-refractivity contribution < 1.29 is 14.3 Å². The molecule has 0 aromatic rings. The van der Waals surface area contributed by atoms with Crippen LogP contribution in [0.1, 0.15) is 53.4 Å². The molecule has 0 unspecified atom stereocenters. The van der Waals surface area contributed by atoms with Crippen LogP contribution in [0.15, 0.2) is 24.1 Å². The monoisotopic (exact) mass is 322 g/mol. The van der Waals surface area contributed by atoms with Gasteiger partial charge in [0.25, 0.3) is 0 Å². The highest BCUT2D eigenvalue weighted by molar-refractivity contribution is 5.89. The van der Waals surface area contributed by atoms with Crippen LogP contribution in [0.25, 0.3) is 0 Å². The van der Waals surface area contributed by atoms with Crippen LogP contribution in [0.4, 0.5) is 0 Å². The third kappa shape index (κ3) is 4.85. The van der Waals surface area contributed by atoms with E-state index in [-0.39, 0.29) is 17.9 Å². The van der Waals surface area contributed by atoms with E-state index in [1.165, 1.54) is 0 Å². The number of hydrogen-bond donors (Lipinski definition) is 1. The lowest BCUT2D eigenvalue weighted by molar-refractivity contribution is -0.136. The molecule has 0 saturated carbocycles. The molecule has 0 bridgehead atoms. The maximum Gasteiger partial charge on any atom is 0.250 e. The van der Waals surface area contributed by atoms with E-state index in [0.29, 0.717) is 24.5 Å². The molecule has 23 heavy (non-hydrogen) atoms. The molecule has 0 spiro atoms. The Hall–Kier alpha value is -1.78. The minimum atomic E-state index is -0.511. The third-order valence-corrected chi connectivity index (χ3v) is 3.96. The summed E-state index contributed by atoms with van der Waals surface area (Å²) in [6.45, 7) is 12.0. The van der Waals surface area contributed by atoms with Gasteiger partial charge in [-0.1, -0.05) is 40.7 Å².